The molecule has 0 radical (unpaired) electrons. The number of carbonyl (C=O) groups excluding carboxylic acids is 1. The lowest BCUT2D eigenvalue weighted by Crippen LogP contribution is -2.48. The lowest BCUT2D eigenvalue weighted by atomic mass is 10.2. The van der Waals surface area contributed by atoms with Crippen LogP contribution in [-0.4, -0.2) is 63.3 Å². The maximum absolute atomic E-state index is 12.6. The van der Waals surface area contributed by atoms with Gasteiger partial charge in [-0.05, 0) is 12.1 Å². The van der Waals surface area contributed by atoms with Gasteiger partial charge in [-0.25, -0.2) is 4.68 Å². The molecule has 1 saturated heterocycles. The number of aromatic nitrogens is 3. The fourth-order valence-electron chi connectivity index (χ4n) is 3.16. The van der Waals surface area contributed by atoms with E-state index in [1.807, 2.05) is 29.3 Å². The first-order chi connectivity index (χ1) is 11.8. The SMILES string of the molecule is O=C(c1cc2n(n1)CCCO2)N1CCN(Cc2ccccn2)CC1. The Labute approximate surface area is 140 Å². The van der Waals surface area contributed by atoms with Gasteiger partial charge in [0.15, 0.2) is 5.69 Å². The molecule has 1 fully saturated rings. The molecule has 0 unspecified atom stereocenters. The smallest absolute Gasteiger partial charge is 0.274 e. The van der Waals surface area contributed by atoms with Gasteiger partial charge in [-0.3, -0.25) is 14.7 Å². The highest BCUT2D eigenvalue weighted by atomic mass is 16.5. The summed E-state index contributed by atoms with van der Waals surface area (Å²) in [5, 5.41) is 4.39. The standard InChI is InChI=1S/C17H21N5O2/c23-17(15-12-16-22(19-15)6-3-11-24-16)21-9-7-20(8-10-21)13-14-4-1-2-5-18-14/h1-2,4-5,12H,3,6-11,13H2. The Morgan fingerprint density at radius 3 is 2.79 bits per heavy atom. The van der Waals surface area contributed by atoms with E-state index in [9.17, 15) is 4.79 Å². The summed E-state index contributed by atoms with van der Waals surface area (Å²) in [6.07, 6.45) is 2.76. The van der Waals surface area contributed by atoms with Crippen molar-refractivity contribution in [1.82, 2.24) is 24.6 Å². The molecule has 7 nitrogen and oxygen atoms in total. The molecule has 0 spiro atoms. The number of fused-ring (bicyclic) bond motifs is 1. The summed E-state index contributed by atoms with van der Waals surface area (Å²) >= 11 is 0. The lowest BCUT2D eigenvalue weighted by molar-refractivity contribution is 0.0620. The van der Waals surface area contributed by atoms with Crippen LogP contribution in [0.5, 0.6) is 5.88 Å². The molecule has 126 valence electrons. The summed E-state index contributed by atoms with van der Waals surface area (Å²) in [6, 6.07) is 7.73. The second kappa shape index (κ2) is 6.60. The number of ether oxygens (including phenoxy) is 1. The fraction of sp³-hybridized carbons (Fsp3) is 0.471. The van der Waals surface area contributed by atoms with Crippen molar-refractivity contribution in [3.8, 4) is 5.88 Å². The molecule has 2 aliphatic rings. The van der Waals surface area contributed by atoms with Crippen LogP contribution in [0.4, 0.5) is 0 Å². The van der Waals surface area contributed by atoms with Crippen molar-refractivity contribution in [3.63, 3.8) is 0 Å². The van der Waals surface area contributed by atoms with Crippen LogP contribution < -0.4 is 4.74 Å². The van der Waals surface area contributed by atoms with Crippen LogP contribution in [0.1, 0.15) is 22.6 Å². The number of carbonyl (C=O) groups is 1. The van der Waals surface area contributed by atoms with Crippen molar-refractivity contribution in [3.05, 3.63) is 41.9 Å². The minimum absolute atomic E-state index is 0.00186. The average molecular weight is 327 g/mol. The van der Waals surface area contributed by atoms with E-state index < -0.39 is 0 Å². The van der Waals surface area contributed by atoms with Crippen LogP contribution >= 0.6 is 0 Å². The van der Waals surface area contributed by atoms with Gasteiger partial charge in [0, 0.05) is 58.0 Å². The molecule has 4 heterocycles. The van der Waals surface area contributed by atoms with E-state index in [0.717, 1.165) is 38.3 Å². The third kappa shape index (κ3) is 3.12. The first-order valence-corrected chi connectivity index (χ1v) is 8.42. The molecular formula is C17H21N5O2. The third-order valence-electron chi connectivity index (χ3n) is 4.50. The Hall–Kier alpha value is -2.41. The number of nitrogens with zero attached hydrogens (tertiary/aromatic N) is 5. The summed E-state index contributed by atoms with van der Waals surface area (Å²) in [4.78, 5) is 21.2. The normalized spacial score (nSPS) is 18.1. The molecule has 1 amide bonds. The van der Waals surface area contributed by atoms with Gasteiger partial charge >= 0.3 is 0 Å². The number of hydrogen-bond acceptors (Lipinski definition) is 5. The molecule has 0 atom stereocenters. The minimum atomic E-state index is -0.00186. The van der Waals surface area contributed by atoms with Crippen molar-refractivity contribution >= 4 is 5.91 Å². The van der Waals surface area contributed by atoms with Crippen LogP contribution in [-0.2, 0) is 13.1 Å². The third-order valence-corrected chi connectivity index (χ3v) is 4.50. The second-order valence-corrected chi connectivity index (χ2v) is 6.18. The van der Waals surface area contributed by atoms with Gasteiger partial charge in [0.05, 0.1) is 12.3 Å². The lowest BCUT2D eigenvalue weighted by Gasteiger charge is -2.34. The van der Waals surface area contributed by atoms with Gasteiger partial charge in [-0.15, -0.1) is 0 Å². The predicted molar refractivity (Wildman–Crippen MR) is 87.8 cm³/mol. The Kier molecular flexibility index (Phi) is 4.17. The van der Waals surface area contributed by atoms with Gasteiger partial charge < -0.3 is 9.64 Å². The largest absolute Gasteiger partial charge is 0.478 e. The van der Waals surface area contributed by atoms with Gasteiger partial charge in [-0.1, -0.05) is 6.07 Å². The van der Waals surface area contributed by atoms with Gasteiger partial charge in [0.2, 0.25) is 5.88 Å². The van der Waals surface area contributed by atoms with E-state index >= 15 is 0 Å². The zero-order chi connectivity index (χ0) is 16.4. The number of amides is 1. The van der Waals surface area contributed by atoms with E-state index in [2.05, 4.69) is 15.0 Å². The monoisotopic (exact) mass is 327 g/mol. The van der Waals surface area contributed by atoms with Crippen LogP contribution in [0.2, 0.25) is 0 Å². The number of piperazine rings is 1. The first kappa shape index (κ1) is 15.1. The molecule has 4 rings (SSSR count). The molecule has 0 N–H and O–H groups in total. The topological polar surface area (TPSA) is 63.5 Å². The zero-order valence-corrected chi connectivity index (χ0v) is 13.6. The molecule has 0 aliphatic carbocycles. The first-order valence-electron chi connectivity index (χ1n) is 8.42. The van der Waals surface area contributed by atoms with E-state index in [4.69, 9.17) is 4.74 Å². The summed E-state index contributed by atoms with van der Waals surface area (Å²) in [7, 11) is 0. The highest BCUT2D eigenvalue weighted by molar-refractivity contribution is 5.92. The van der Waals surface area contributed by atoms with Gasteiger partial charge in [0.25, 0.3) is 5.91 Å². The van der Waals surface area contributed by atoms with Crippen molar-refractivity contribution < 1.29 is 9.53 Å². The fourth-order valence-corrected chi connectivity index (χ4v) is 3.16. The van der Waals surface area contributed by atoms with E-state index in [-0.39, 0.29) is 5.91 Å². The minimum Gasteiger partial charge on any atom is -0.478 e. The van der Waals surface area contributed by atoms with Crippen LogP contribution in [0.15, 0.2) is 30.5 Å². The highest BCUT2D eigenvalue weighted by Gasteiger charge is 2.26. The number of rotatable bonds is 3. The zero-order valence-electron chi connectivity index (χ0n) is 13.6. The highest BCUT2D eigenvalue weighted by Crippen LogP contribution is 2.20. The average Bonchev–Trinajstić information content (AvgIpc) is 3.07. The Morgan fingerprint density at radius 1 is 1.17 bits per heavy atom. The molecule has 2 aromatic heterocycles. The van der Waals surface area contributed by atoms with Gasteiger partial charge in [0.1, 0.15) is 0 Å². The maximum Gasteiger partial charge on any atom is 0.274 e. The summed E-state index contributed by atoms with van der Waals surface area (Å²) in [6.45, 7) is 5.49. The number of hydrogen-bond donors (Lipinski definition) is 0. The Bertz CT molecular complexity index is 684. The molecule has 7 heteroatoms. The summed E-state index contributed by atoms with van der Waals surface area (Å²) < 4.78 is 7.33. The van der Waals surface area contributed by atoms with E-state index in [0.29, 0.717) is 31.3 Å². The van der Waals surface area contributed by atoms with E-state index in [1.165, 1.54) is 0 Å². The number of aryl methyl sites for hydroxylation is 1. The molecule has 2 aromatic rings. The molecule has 0 bridgehead atoms. The van der Waals surface area contributed by atoms with Crippen LogP contribution in [0.3, 0.4) is 0 Å². The molecule has 2 aliphatic heterocycles. The van der Waals surface area contributed by atoms with Crippen molar-refractivity contribution in [2.75, 3.05) is 32.8 Å². The summed E-state index contributed by atoms with van der Waals surface area (Å²) in [5.74, 6) is 0.705. The Morgan fingerprint density at radius 2 is 2.04 bits per heavy atom. The predicted octanol–water partition coefficient (Wildman–Crippen LogP) is 1.02. The van der Waals surface area contributed by atoms with Crippen molar-refractivity contribution in [2.24, 2.45) is 0 Å². The van der Waals surface area contributed by atoms with Crippen molar-refractivity contribution in [2.45, 2.75) is 19.5 Å². The van der Waals surface area contributed by atoms with Crippen LogP contribution in [0, 0.1) is 0 Å². The number of pyridine rings is 1. The quantitative estimate of drug-likeness (QED) is 0.842. The van der Waals surface area contributed by atoms with Crippen molar-refractivity contribution in [1.29, 1.82) is 0 Å². The molecule has 0 aromatic carbocycles. The van der Waals surface area contributed by atoms with E-state index in [1.54, 1.807) is 10.7 Å². The Balaban J connectivity index is 1.35. The molecular weight excluding hydrogens is 306 g/mol. The second-order valence-electron chi connectivity index (χ2n) is 6.18. The summed E-state index contributed by atoms with van der Waals surface area (Å²) in [5.41, 5.74) is 1.56. The maximum atomic E-state index is 12.6. The van der Waals surface area contributed by atoms with Crippen LogP contribution in [0.25, 0.3) is 0 Å². The molecule has 0 saturated carbocycles. The van der Waals surface area contributed by atoms with Gasteiger partial charge in [-0.2, -0.15) is 5.10 Å². The molecule has 24 heavy (non-hydrogen) atoms.